The summed E-state index contributed by atoms with van der Waals surface area (Å²) in [5.41, 5.74) is 0. The molecule has 0 aromatic carbocycles. The normalized spacial score (nSPS) is 22.2. The lowest BCUT2D eigenvalue weighted by Crippen LogP contribution is -2.01. The first-order valence-corrected chi connectivity index (χ1v) is 8.09. The monoisotopic (exact) mass is 328 g/mol. The van der Waals surface area contributed by atoms with Crippen molar-refractivity contribution in [1.29, 1.82) is 0 Å². The minimum atomic E-state index is -1.78. The minimum absolute atomic E-state index is 0.227. The van der Waals surface area contributed by atoms with Crippen LogP contribution >= 0.6 is 0 Å². The molecule has 2 N–H and O–H groups in total. The second-order valence-electron chi connectivity index (χ2n) is 5.10. The number of aliphatic carboxylic acids is 1. The van der Waals surface area contributed by atoms with Crippen LogP contribution in [0.4, 0.5) is 0 Å². The summed E-state index contributed by atoms with van der Waals surface area (Å²) in [4.78, 5) is 10.7. The van der Waals surface area contributed by atoms with Crippen LogP contribution in [0.2, 0.25) is 0 Å². The van der Waals surface area contributed by atoms with Crippen LogP contribution in [-0.4, -0.2) is 22.3 Å². The van der Waals surface area contributed by atoms with Crippen LogP contribution < -0.4 is 0 Å². The van der Waals surface area contributed by atoms with E-state index in [1.165, 1.54) is 25.7 Å². The molecule has 0 unspecified atom stereocenters. The fourth-order valence-electron chi connectivity index (χ4n) is 1.87. The third kappa shape index (κ3) is 18.3. The number of hydrogen-bond donors (Lipinski definition) is 2. The van der Waals surface area contributed by atoms with E-state index in [1.54, 1.807) is 0 Å². The van der Waals surface area contributed by atoms with Crippen molar-refractivity contribution in [3.05, 3.63) is 48.4 Å². The highest BCUT2D eigenvalue weighted by Gasteiger charge is 1.98. The highest BCUT2D eigenvalue weighted by molar-refractivity contribution is 5.80. The number of aliphatic hydroxyl groups excluding tert-OH is 1. The maximum absolute atomic E-state index is 10.7. The summed E-state index contributed by atoms with van der Waals surface area (Å²) in [6, 6.07) is -7.65. The maximum Gasteiger partial charge on any atom is 0.328 e. The van der Waals surface area contributed by atoms with E-state index >= 15 is 0 Å². The van der Waals surface area contributed by atoms with Crippen LogP contribution in [0, 0.1) is 0 Å². The van der Waals surface area contributed by atoms with E-state index in [9.17, 15) is 9.90 Å². The lowest BCUT2D eigenvalue weighted by atomic mass is 10.1. The Bertz CT molecular complexity index is 741. The van der Waals surface area contributed by atoms with Crippen molar-refractivity contribution in [2.45, 2.75) is 70.8 Å². The molecule has 0 aliphatic heterocycles. The number of unbranched alkanes of at least 4 members (excludes halogenated alkanes) is 7. The van der Waals surface area contributed by atoms with Gasteiger partial charge < -0.3 is 10.2 Å². The van der Waals surface area contributed by atoms with Crippen LogP contribution in [0.1, 0.15) is 75.7 Å². The third-order valence-corrected chi connectivity index (χ3v) is 3.05. The van der Waals surface area contributed by atoms with Crippen LogP contribution in [0.5, 0.6) is 0 Å². The summed E-state index contributed by atoms with van der Waals surface area (Å²) in [5, 5.41) is 18.8. The summed E-state index contributed by atoms with van der Waals surface area (Å²) in [7, 11) is 0. The summed E-state index contributed by atoms with van der Waals surface area (Å²) in [6.07, 6.45) is 7.34. The molecular formula is C20H32O3. The minimum Gasteiger partial charge on any atom is -0.478 e. The van der Waals surface area contributed by atoms with Crippen molar-refractivity contribution in [1.82, 2.24) is 0 Å². The molecule has 0 heterocycles. The predicted molar refractivity (Wildman–Crippen MR) is 97.4 cm³/mol. The Morgan fingerprint density at radius 1 is 0.913 bits per heavy atom. The van der Waals surface area contributed by atoms with Gasteiger partial charge >= 0.3 is 5.97 Å². The first-order valence-electron chi connectivity index (χ1n) is 12.1. The molecule has 0 aliphatic carbocycles. The average Bonchev–Trinajstić information content (AvgIpc) is 2.76. The van der Waals surface area contributed by atoms with Gasteiger partial charge in [0.15, 0.2) is 0 Å². The smallest absolute Gasteiger partial charge is 0.328 e. The Morgan fingerprint density at radius 2 is 1.43 bits per heavy atom. The molecular weight excluding hydrogens is 288 g/mol. The highest BCUT2D eigenvalue weighted by atomic mass is 16.4. The Kier molecular flexibility index (Phi) is 8.04. The van der Waals surface area contributed by atoms with Crippen molar-refractivity contribution in [2.24, 2.45) is 0 Å². The van der Waals surface area contributed by atoms with Crippen molar-refractivity contribution in [3.63, 3.8) is 0 Å². The topological polar surface area (TPSA) is 57.5 Å². The van der Waals surface area contributed by atoms with Gasteiger partial charge in [-0.2, -0.15) is 0 Å². The zero-order chi connectivity index (χ0) is 24.1. The van der Waals surface area contributed by atoms with Gasteiger partial charge in [0.05, 0.1) is 17.1 Å². The molecule has 3 heteroatoms. The summed E-state index contributed by atoms with van der Waals surface area (Å²) < 4.78 is 61.3. The molecule has 23 heavy (non-hydrogen) atoms. The Morgan fingerprint density at radius 3 is 2.04 bits per heavy atom. The summed E-state index contributed by atoms with van der Waals surface area (Å²) >= 11 is 0. The van der Waals surface area contributed by atoms with Crippen LogP contribution in [-0.2, 0) is 4.79 Å². The molecule has 0 fully saturated rings. The number of aliphatic hydroxyl groups is 1. The summed E-state index contributed by atoms with van der Waals surface area (Å²) in [6.45, 7) is 2.15. The van der Waals surface area contributed by atoms with E-state index in [4.69, 9.17) is 16.1 Å². The second kappa shape index (κ2) is 16.8. The maximum atomic E-state index is 10.7. The van der Waals surface area contributed by atoms with Gasteiger partial charge in [0.1, 0.15) is 0 Å². The molecule has 0 radical (unpaired) electrons. The van der Waals surface area contributed by atoms with Gasteiger partial charge in [-0.05, 0) is 6.42 Å². The Labute approximate surface area is 152 Å². The van der Waals surface area contributed by atoms with Gasteiger partial charge in [-0.15, -0.1) is 0 Å². The summed E-state index contributed by atoms with van der Waals surface area (Å²) in [5.74, 6) is -1.78. The number of hydrogen-bond acceptors (Lipinski definition) is 2. The Balaban J connectivity index is 5.18. The lowest BCUT2D eigenvalue weighted by Gasteiger charge is -2.05. The van der Waals surface area contributed by atoms with Crippen LogP contribution in [0.15, 0.2) is 48.4 Å². The Hall–Kier alpha value is -1.61. The molecule has 0 aromatic heterocycles. The van der Waals surface area contributed by atoms with E-state index in [-0.39, 0.29) is 6.42 Å². The first kappa shape index (κ1) is 11.0. The van der Waals surface area contributed by atoms with Gasteiger partial charge in [-0.25, -0.2) is 4.79 Å². The van der Waals surface area contributed by atoms with Gasteiger partial charge in [0, 0.05) is 6.05 Å². The standard InChI is InChI=1S/C20H32O3/c1-2-3-4-5-6-7-10-13-16-19(21)17-14-11-8-9-12-15-18-20(22)23/h8-9,11-12,14-15,17-19,21H,2-7,10,13,16H2,1H3,(H,22,23)/t19-/m0/s1/i8D,9D,11D,12D,14D,15D,17D,18D. The largest absolute Gasteiger partial charge is 0.478 e. The van der Waals surface area contributed by atoms with Crippen LogP contribution in [0.3, 0.4) is 0 Å². The highest BCUT2D eigenvalue weighted by Crippen LogP contribution is 2.11. The lowest BCUT2D eigenvalue weighted by molar-refractivity contribution is -0.131. The zero-order valence-corrected chi connectivity index (χ0v) is 13.7. The SMILES string of the molecule is [2H]C(C(=O)O)=C([2H])C([2H])=C([2H])C([2H])=C([2H])C([2H])=C([2H])[C@@H](O)CCCCCCCCCC. The van der Waals surface area contributed by atoms with E-state index in [0.717, 1.165) is 19.3 Å². The van der Waals surface area contributed by atoms with Gasteiger partial charge in [0.2, 0.25) is 0 Å². The number of carboxylic acid groups (broad SMARTS) is 1. The predicted octanol–water partition coefficient (Wildman–Crippen LogP) is 5.19. The van der Waals surface area contributed by atoms with E-state index in [2.05, 4.69) is 6.92 Å². The van der Waals surface area contributed by atoms with E-state index in [0.29, 0.717) is 6.42 Å². The fraction of sp³-hybridized carbons (Fsp3) is 0.550. The molecule has 3 nitrogen and oxygen atoms in total. The van der Waals surface area contributed by atoms with Crippen molar-refractivity contribution in [3.8, 4) is 0 Å². The second-order valence-corrected chi connectivity index (χ2v) is 5.10. The number of carboxylic acids is 1. The zero-order valence-electron chi connectivity index (χ0n) is 21.7. The third-order valence-electron chi connectivity index (χ3n) is 3.05. The molecule has 1 atom stereocenters. The molecule has 0 rings (SSSR count). The van der Waals surface area contributed by atoms with Crippen molar-refractivity contribution >= 4 is 5.97 Å². The number of rotatable bonds is 14. The quantitative estimate of drug-likeness (QED) is 0.262. The fourth-order valence-corrected chi connectivity index (χ4v) is 1.87. The molecule has 0 saturated carbocycles. The van der Waals surface area contributed by atoms with Crippen LogP contribution in [0.25, 0.3) is 0 Å². The van der Waals surface area contributed by atoms with Crippen molar-refractivity contribution < 1.29 is 26.0 Å². The molecule has 0 saturated heterocycles. The molecule has 0 aliphatic rings. The average molecular weight is 329 g/mol. The first-order chi connectivity index (χ1) is 14.5. The molecule has 0 amide bonds. The van der Waals surface area contributed by atoms with Gasteiger partial charge in [0.25, 0.3) is 0 Å². The molecule has 0 aromatic rings. The molecule has 130 valence electrons. The van der Waals surface area contributed by atoms with E-state index < -0.39 is 60.5 Å². The number of allylic oxidation sites excluding steroid dienone is 6. The van der Waals surface area contributed by atoms with Crippen molar-refractivity contribution in [2.75, 3.05) is 0 Å². The van der Waals surface area contributed by atoms with Gasteiger partial charge in [-0.3, -0.25) is 0 Å². The van der Waals surface area contributed by atoms with Gasteiger partial charge in [-0.1, -0.05) is 101 Å². The number of carbonyl (C=O) groups is 1. The molecule has 0 bridgehead atoms. The van der Waals surface area contributed by atoms with E-state index in [1.807, 2.05) is 0 Å². The molecule has 0 spiro atoms.